The van der Waals surface area contributed by atoms with E-state index in [-0.39, 0.29) is 17.6 Å². The maximum atomic E-state index is 11.8. The molecule has 1 fully saturated rings. The Labute approximate surface area is 99.5 Å². The van der Waals surface area contributed by atoms with E-state index in [2.05, 4.69) is 20.6 Å². The van der Waals surface area contributed by atoms with Crippen LogP contribution in [0.5, 0.6) is 0 Å². The highest BCUT2D eigenvalue weighted by molar-refractivity contribution is 5.89. The predicted molar refractivity (Wildman–Crippen MR) is 60.3 cm³/mol. The van der Waals surface area contributed by atoms with Crippen molar-refractivity contribution in [3.05, 3.63) is 11.6 Å². The molecule has 0 aliphatic carbocycles. The number of carbonyl (C=O) groups excluding carboxylic acids is 1. The molecule has 94 valence electrons. The van der Waals surface area contributed by atoms with Crippen LogP contribution < -0.4 is 5.43 Å². The molecule has 2 rings (SSSR count). The minimum absolute atomic E-state index is 0.181. The second kappa shape index (κ2) is 5.24. The number of hydrazine groups is 1. The van der Waals surface area contributed by atoms with Gasteiger partial charge in [-0.25, -0.2) is 9.99 Å². The summed E-state index contributed by atoms with van der Waals surface area (Å²) in [7, 11) is 0. The van der Waals surface area contributed by atoms with E-state index in [0.29, 0.717) is 26.3 Å². The van der Waals surface area contributed by atoms with Gasteiger partial charge in [-0.1, -0.05) is 13.8 Å². The van der Waals surface area contributed by atoms with Crippen molar-refractivity contribution in [3.63, 3.8) is 0 Å². The molecule has 1 aromatic heterocycles. The Balaban J connectivity index is 1.94. The molecule has 0 saturated carbocycles. The highest BCUT2D eigenvalue weighted by atomic mass is 16.5. The van der Waals surface area contributed by atoms with Gasteiger partial charge in [0.05, 0.1) is 13.2 Å². The summed E-state index contributed by atoms with van der Waals surface area (Å²) in [6, 6.07) is 0. The summed E-state index contributed by atoms with van der Waals surface area (Å²) in [5.41, 5.74) is 2.76. The lowest BCUT2D eigenvalue weighted by atomic mass is 10.2. The van der Waals surface area contributed by atoms with E-state index >= 15 is 0 Å². The van der Waals surface area contributed by atoms with Crippen LogP contribution in [0.2, 0.25) is 0 Å². The number of aromatic nitrogens is 3. The fourth-order valence-electron chi connectivity index (χ4n) is 1.50. The van der Waals surface area contributed by atoms with E-state index in [9.17, 15) is 4.79 Å². The molecule has 0 aromatic carbocycles. The summed E-state index contributed by atoms with van der Waals surface area (Å²) < 4.78 is 5.19. The first kappa shape index (κ1) is 12.0. The van der Waals surface area contributed by atoms with E-state index in [1.165, 1.54) is 0 Å². The lowest BCUT2D eigenvalue weighted by Gasteiger charge is -2.26. The minimum atomic E-state index is -0.282. The monoisotopic (exact) mass is 239 g/mol. The van der Waals surface area contributed by atoms with E-state index in [0.717, 1.165) is 5.82 Å². The minimum Gasteiger partial charge on any atom is -0.379 e. The van der Waals surface area contributed by atoms with Gasteiger partial charge in [-0.3, -0.25) is 15.3 Å². The Morgan fingerprint density at radius 2 is 2.18 bits per heavy atom. The van der Waals surface area contributed by atoms with Gasteiger partial charge in [0.1, 0.15) is 5.82 Å². The molecule has 7 heteroatoms. The molecule has 0 radical (unpaired) electrons. The fourth-order valence-corrected chi connectivity index (χ4v) is 1.50. The standard InChI is InChI=1S/C10H17N5O2/c1-7(2)8-11-9(13-12-8)10(16)14-15-3-5-17-6-4-15/h7H,3-6H2,1-2H3,(H,14,16)(H,11,12,13). The fraction of sp³-hybridized carbons (Fsp3) is 0.700. The quantitative estimate of drug-likeness (QED) is 0.770. The third kappa shape index (κ3) is 3.01. The van der Waals surface area contributed by atoms with Crippen LogP contribution in [0.25, 0.3) is 0 Å². The van der Waals surface area contributed by atoms with Gasteiger partial charge in [0.2, 0.25) is 5.82 Å². The first-order chi connectivity index (χ1) is 8.16. The molecule has 0 spiro atoms. The molecule has 2 N–H and O–H groups in total. The van der Waals surface area contributed by atoms with Crippen LogP contribution in [-0.4, -0.2) is 52.4 Å². The summed E-state index contributed by atoms with van der Waals surface area (Å²) in [6.07, 6.45) is 0. The number of ether oxygens (including phenoxy) is 1. The van der Waals surface area contributed by atoms with Crippen LogP contribution in [0.3, 0.4) is 0 Å². The summed E-state index contributed by atoms with van der Waals surface area (Å²) in [4.78, 5) is 15.9. The number of hydrogen-bond donors (Lipinski definition) is 2. The summed E-state index contributed by atoms with van der Waals surface area (Å²) >= 11 is 0. The van der Waals surface area contributed by atoms with Crippen LogP contribution in [0.15, 0.2) is 0 Å². The number of rotatable bonds is 3. The topological polar surface area (TPSA) is 83.1 Å². The number of morpholine rings is 1. The van der Waals surface area contributed by atoms with Crippen molar-refractivity contribution in [2.45, 2.75) is 19.8 Å². The highest BCUT2D eigenvalue weighted by Crippen LogP contribution is 2.07. The Kier molecular flexibility index (Phi) is 3.70. The van der Waals surface area contributed by atoms with E-state index in [4.69, 9.17) is 4.74 Å². The Bertz CT molecular complexity index is 384. The molecule has 1 saturated heterocycles. The number of nitrogens with one attached hydrogen (secondary N) is 2. The molecule has 7 nitrogen and oxygen atoms in total. The molecular weight excluding hydrogens is 222 g/mol. The third-order valence-corrected chi connectivity index (χ3v) is 2.52. The normalized spacial score (nSPS) is 17.4. The maximum absolute atomic E-state index is 11.8. The number of hydrogen-bond acceptors (Lipinski definition) is 5. The Morgan fingerprint density at radius 3 is 2.76 bits per heavy atom. The van der Waals surface area contributed by atoms with Gasteiger partial charge in [0, 0.05) is 19.0 Å². The van der Waals surface area contributed by atoms with Gasteiger partial charge < -0.3 is 4.74 Å². The second-order valence-corrected chi connectivity index (χ2v) is 4.24. The molecule has 0 unspecified atom stereocenters. The van der Waals surface area contributed by atoms with Gasteiger partial charge in [-0.15, -0.1) is 5.10 Å². The van der Waals surface area contributed by atoms with Crippen molar-refractivity contribution in [2.75, 3.05) is 26.3 Å². The highest BCUT2D eigenvalue weighted by Gasteiger charge is 2.18. The van der Waals surface area contributed by atoms with Gasteiger partial charge in [-0.2, -0.15) is 0 Å². The molecule has 0 atom stereocenters. The van der Waals surface area contributed by atoms with Crippen LogP contribution in [0.1, 0.15) is 36.2 Å². The van der Waals surface area contributed by atoms with Crippen LogP contribution in [0.4, 0.5) is 0 Å². The molecular formula is C10H17N5O2. The summed E-state index contributed by atoms with van der Waals surface area (Å²) in [5, 5.41) is 8.47. The summed E-state index contributed by atoms with van der Waals surface area (Å²) in [5.74, 6) is 0.847. The number of carbonyl (C=O) groups is 1. The maximum Gasteiger partial charge on any atom is 0.305 e. The van der Waals surface area contributed by atoms with Crippen LogP contribution in [0, 0.1) is 0 Å². The molecule has 2 heterocycles. The van der Waals surface area contributed by atoms with Crippen molar-refractivity contribution in [1.29, 1.82) is 0 Å². The molecule has 1 amide bonds. The number of amides is 1. The zero-order chi connectivity index (χ0) is 12.3. The molecule has 0 bridgehead atoms. The molecule has 1 aromatic rings. The largest absolute Gasteiger partial charge is 0.379 e. The van der Waals surface area contributed by atoms with Crippen molar-refractivity contribution in [2.24, 2.45) is 0 Å². The van der Waals surface area contributed by atoms with E-state index in [1.54, 1.807) is 0 Å². The van der Waals surface area contributed by atoms with Gasteiger partial charge in [-0.05, 0) is 0 Å². The van der Waals surface area contributed by atoms with Crippen molar-refractivity contribution < 1.29 is 9.53 Å². The SMILES string of the molecule is CC(C)c1nc(C(=O)NN2CCOCC2)n[nH]1. The lowest BCUT2D eigenvalue weighted by Crippen LogP contribution is -2.48. The first-order valence-electron chi connectivity index (χ1n) is 5.73. The molecule has 1 aliphatic heterocycles. The zero-order valence-corrected chi connectivity index (χ0v) is 10.1. The van der Waals surface area contributed by atoms with Crippen molar-refractivity contribution >= 4 is 5.91 Å². The Hall–Kier alpha value is -1.47. The van der Waals surface area contributed by atoms with Gasteiger partial charge in [0.25, 0.3) is 0 Å². The Morgan fingerprint density at radius 1 is 1.47 bits per heavy atom. The van der Waals surface area contributed by atoms with Crippen LogP contribution >= 0.6 is 0 Å². The van der Waals surface area contributed by atoms with Gasteiger partial charge in [0.15, 0.2) is 0 Å². The smallest absolute Gasteiger partial charge is 0.305 e. The van der Waals surface area contributed by atoms with Crippen molar-refractivity contribution in [3.8, 4) is 0 Å². The third-order valence-electron chi connectivity index (χ3n) is 2.52. The molecule has 1 aliphatic rings. The predicted octanol–water partition coefficient (Wildman–Crippen LogP) is -0.0949. The lowest BCUT2D eigenvalue weighted by molar-refractivity contribution is 0.0123. The van der Waals surface area contributed by atoms with Gasteiger partial charge >= 0.3 is 5.91 Å². The average Bonchev–Trinajstić information content (AvgIpc) is 2.79. The van der Waals surface area contributed by atoms with Crippen LogP contribution in [-0.2, 0) is 4.74 Å². The number of nitrogens with zero attached hydrogens (tertiary/aromatic N) is 3. The second-order valence-electron chi connectivity index (χ2n) is 4.24. The zero-order valence-electron chi connectivity index (χ0n) is 10.1. The number of H-pyrrole nitrogens is 1. The average molecular weight is 239 g/mol. The first-order valence-corrected chi connectivity index (χ1v) is 5.73. The molecule has 17 heavy (non-hydrogen) atoms. The van der Waals surface area contributed by atoms with E-state index in [1.807, 2.05) is 18.9 Å². The number of aromatic amines is 1. The van der Waals surface area contributed by atoms with Crippen molar-refractivity contribution in [1.82, 2.24) is 25.6 Å². The van der Waals surface area contributed by atoms with E-state index < -0.39 is 0 Å². The summed E-state index contributed by atoms with van der Waals surface area (Å²) in [6.45, 7) is 6.62.